The molecule has 0 atom stereocenters. The van der Waals surface area contributed by atoms with E-state index in [-0.39, 0.29) is 19.1 Å². The molecule has 1 aromatic carbocycles. The number of amides is 1. The number of aromatic nitrogens is 1. The second kappa shape index (κ2) is 8.46. The first-order valence-electron chi connectivity index (χ1n) is 9.41. The molecule has 0 saturated heterocycles. The second-order valence-corrected chi connectivity index (χ2v) is 7.05. The zero-order chi connectivity index (χ0) is 20.3. The van der Waals surface area contributed by atoms with Crippen LogP contribution in [0.4, 0.5) is 5.82 Å². The standard InChI is InChI=1S/C21H26N4O3/c1-14-15(2)25(17-6-8-18(28-3)9-7-17)21(19(14)12-22)23-20(27)13-24(10-11-26)16-4-5-16/h6-9,16,26H,4-5,10-11,13H2,1-3H3,(H,23,27). The van der Waals surface area contributed by atoms with Crippen molar-refractivity contribution >= 4 is 11.7 Å². The van der Waals surface area contributed by atoms with Gasteiger partial charge in [0.2, 0.25) is 5.91 Å². The highest BCUT2D eigenvalue weighted by molar-refractivity contribution is 5.93. The van der Waals surface area contributed by atoms with Crippen molar-refractivity contribution in [2.45, 2.75) is 32.7 Å². The number of hydrogen-bond acceptors (Lipinski definition) is 5. The van der Waals surface area contributed by atoms with Gasteiger partial charge in [0.1, 0.15) is 17.6 Å². The highest BCUT2D eigenvalue weighted by Gasteiger charge is 2.30. The number of anilines is 1. The van der Waals surface area contributed by atoms with Crippen LogP contribution < -0.4 is 10.1 Å². The molecule has 1 aliphatic carbocycles. The molecule has 0 aliphatic heterocycles. The molecule has 1 saturated carbocycles. The Hall–Kier alpha value is -2.82. The number of rotatable bonds is 8. The third-order valence-corrected chi connectivity index (χ3v) is 5.21. The first-order valence-corrected chi connectivity index (χ1v) is 9.41. The van der Waals surface area contributed by atoms with Crippen molar-refractivity contribution in [1.82, 2.24) is 9.47 Å². The van der Waals surface area contributed by atoms with Gasteiger partial charge in [0.25, 0.3) is 0 Å². The van der Waals surface area contributed by atoms with Gasteiger partial charge in [0.05, 0.1) is 25.8 Å². The lowest BCUT2D eigenvalue weighted by atomic mass is 10.2. The smallest absolute Gasteiger partial charge is 0.239 e. The zero-order valence-electron chi connectivity index (χ0n) is 16.5. The van der Waals surface area contributed by atoms with Crippen molar-refractivity contribution in [2.75, 3.05) is 32.1 Å². The number of carbonyl (C=O) groups is 1. The Balaban J connectivity index is 1.91. The van der Waals surface area contributed by atoms with Crippen molar-refractivity contribution in [3.8, 4) is 17.5 Å². The third kappa shape index (κ3) is 4.03. The minimum absolute atomic E-state index is 0.0215. The van der Waals surface area contributed by atoms with Gasteiger partial charge in [0.15, 0.2) is 0 Å². The molecule has 0 unspecified atom stereocenters. The third-order valence-electron chi connectivity index (χ3n) is 5.21. The van der Waals surface area contributed by atoms with Gasteiger partial charge in [-0.05, 0) is 56.5 Å². The lowest BCUT2D eigenvalue weighted by Crippen LogP contribution is -2.37. The van der Waals surface area contributed by atoms with Crippen LogP contribution in [0.5, 0.6) is 5.75 Å². The normalized spacial score (nSPS) is 13.4. The van der Waals surface area contributed by atoms with Gasteiger partial charge in [0, 0.05) is 24.0 Å². The van der Waals surface area contributed by atoms with E-state index in [4.69, 9.17) is 4.74 Å². The summed E-state index contributed by atoms with van der Waals surface area (Å²) in [6.45, 7) is 4.50. The molecule has 3 rings (SSSR count). The maximum Gasteiger partial charge on any atom is 0.239 e. The Morgan fingerprint density at radius 3 is 2.57 bits per heavy atom. The van der Waals surface area contributed by atoms with Gasteiger partial charge >= 0.3 is 0 Å². The fourth-order valence-electron chi connectivity index (χ4n) is 3.43. The SMILES string of the molecule is COc1ccc(-n2c(C)c(C)c(C#N)c2NC(=O)CN(CCO)C2CC2)cc1. The summed E-state index contributed by atoms with van der Waals surface area (Å²) in [4.78, 5) is 14.7. The molecule has 28 heavy (non-hydrogen) atoms. The molecule has 1 amide bonds. The van der Waals surface area contributed by atoms with Crippen LogP contribution in [-0.4, -0.2) is 53.3 Å². The predicted molar refractivity (Wildman–Crippen MR) is 107 cm³/mol. The van der Waals surface area contributed by atoms with E-state index in [1.807, 2.05) is 47.6 Å². The number of carbonyl (C=O) groups excluding carboxylic acids is 1. The number of methoxy groups -OCH3 is 1. The van der Waals surface area contributed by atoms with Gasteiger partial charge in [-0.2, -0.15) is 5.26 Å². The largest absolute Gasteiger partial charge is 0.497 e. The molecule has 0 bridgehead atoms. The Morgan fingerprint density at radius 1 is 1.36 bits per heavy atom. The summed E-state index contributed by atoms with van der Waals surface area (Å²) >= 11 is 0. The van der Waals surface area contributed by atoms with Crippen LogP contribution in [0.2, 0.25) is 0 Å². The van der Waals surface area contributed by atoms with Crippen LogP contribution in [-0.2, 0) is 4.79 Å². The van der Waals surface area contributed by atoms with Gasteiger partial charge in [-0.15, -0.1) is 0 Å². The summed E-state index contributed by atoms with van der Waals surface area (Å²) in [6, 6.07) is 10.1. The summed E-state index contributed by atoms with van der Waals surface area (Å²) in [6.07, 6.45) is 2.11. The quantitative estimate of drug-likeness (QED) is 0.731. The van der Waals surface area contributed by atoms with E-state index in [2.05, 4.69) is 11.4 Å². The summed E-state index contributed by atoms with van der Waals surface area (Å²) in [5.74, 6) is 1.02. The topological polar surface area (TPSA) is 90.5 Å². The van der Waals surface area contributed by atoms with Crippen LogP contribution >= 0.6 is 0 Å². The molecule has 0 spiro atoms. The zero-order valence-corrected chi connectivity index (χ0v) is 16.5. The fraction of sp³-hybridized carbons (Fsp3) is 0.429. The van der Waals surface area contributed by atoms with E-state index < -0.39 is 0 Å². The molecule has 7 nitrogen and oxygen atoms in total. The molecule has 1 aromatic heterocycles. The van der Waals surface area contributed by atoms with Crippen molar-refractivity contribution in [2.24, 2.45) is 0 Å². The van der Waals surface area contributed by atoms with Crippen LogP contribution in [0, 0.1) is 25.2 Å². The van der Waals surface area contributed by atoms with Crippen molar-refractivity contribution < 1.29 is 14.6 Å². The number of aliphatic hydroxyl groups excluding tert-OH is 1. The summed E-state index contributed by atoms with van der Waals surface area (Å²) in [5, 5.41) is 21.8. The number of nitrogens with zero attached hydrogens (tertiary/aromatic N) is 3. The monoisotopic (exact) mass is 382 g/mol. The number of hydrogen-bond donors (Lipinski definition) is 2. The predicted octanol–water partition coefficient (Wildman–Crippen LogP) is 2.37. The maximum absolute atomic E-state index is 12.7. The van der Waals surface area contributed by atoms with E-state index in [1.165, 1.54) is 0 Å². The van der Waals surface area contributed by atoms with Gasteiger partial charge in [-0.3, -0.25) is 14.3 Å². The Labute approximate surface area is 165 Å². The van der Waals surface area contributed by atoms with Crippen molar-refractivity contribution in [3.05, 3.63) is 41.1 Å². The first kappa shape index (κ1) is 19.9. The summed E-state index contributed by atoms with van der Waals surface area (Å²) in [5.41, 5.74) is 3.03. The van der Waals surface area contributed by atoms with E-state index in [9.17, 15) is 15.2 Å². The van der Waals surface area contributed by atoms with E-state index in [0.717, 1.165) is 35.5 Å². The average molecular weight is 382 g/mol. The Kier molecular flexibility index (Phi) is 6.02. The van der Waals surface area contributed by atoms with Gasteiger partial charge in [-0.25, -0.2) is 0 Å². The molecule has 1 heterocycles. The van der Waals surface area contributed by atoms with Crippen LogP contribution in [0.1, 0.15) is 29.7 Å². The fourth-order valence-corrected chi connectivity index (χ4v) is 3.43. The highest BCUT2D eigenvalue weighted by Crippen LogP contribution is 2.31. The van der Waals surface area contributed by atoms with Gasteiger partial charge in [-0.1, -0.05) is 0 Å². The summed E-state index contributed by atoms with van der Waals surface area (Å²) in [7, 11) is 1.61. The molecule has 1 fully saturated rings. The molecule has 1 aliphatic rings. The van der Waals surface area contributed by atoms with Crippen LogP contribution in [0.15, 0.2) is 24.3 Å². The average Bonchev–Trinajstić information content (AvgIpc) is 3.50. The Bertz CT molecular complexity index is 892. The molecular formula is C21H26N4O3. The van der Waals surface area contributed by atoms with E-state index in [0.29, 0.717) is 24.0 Å². The number of nitriles is 1. The minimum Gasteiger partial charge on any atom is -0.497 e. The lowest BCUT2D eigenvalue weighted by molar-refractivity contribution is -0.117. The van der Waals surface area contributed by atoms with Crippen LogP contribution in [0.25, 0.3) is 5.69 Å². The number of aliphatic hydroxyl groups is 1. The minimum atomic E-state index is -0.191. The molecule has 7 heteroatoms. The molecule has 148 valence electrons. The van der Waals surface area contributed by atoms with E-state index >= 15 is 0 Å². The molecule has 2 N–H and O–H groups in total. The van der Waals surface area contributed by atoms with Crippen molar-refractivity contribution in [1.29, 1.82) is 5.26 Å². The molecule has 2 aromatic rings. The summed E-state index contributed by atoms with van der Waals surface area (Å²) < 4.78 is 7.11. The first-order chi connectivity index (χ1) is 13.5. The van der Waals surface area contributed by atoms with E-state index in [1.54, 1.807) is 7.11 Å². The number of benzene rings is 1. The number of nitrogens with one attached hydrogen (secondary N) is 1. The molecule has 0 radical (unpaired) electrons. The Morgan fingerprint density at radius 2 is 2.04 bits per heavy atom. The second-order valence-electron chi connectivity index (χ2n) is 7.05. The lowest BCUT2D eigenvalue weighted by Gasteiger charge is -2.20. The van der Waals surface area contributed by atoms with Crippen LogP contribution in [0.3, 0.4) is 0 Å². The molecular weight excluding hydrogens is 356 g/mol. The number of ether oxygens (including phenoxy) is 1. The van der Waals surface area contributed by atoms with Gasteiger partial charge < -0.3 is 15.2 Å². The highest BCUT2D eigenvalue weighted by atomic mass is 16.5. The van der Waals surface area contributed by atoms with Crippen molar-refractivity contribution in [3.63, 3.8) is 0 Å². The maximum atomic E-state index is 12.7.